The zero-order chi connectivity index (χ0) is 15.2. The third-order valence-corrected chi connectivity index (χ3v) is 4.82. The van der Waals surface area contributed by atoms with Crippen molar-refractivity contribution in [3.63, 3.8) is 0 Å². The Morgan fingerprint density at radius 1 is 1.29 bits per heavy atom. The molecule has 1 N–H and O–H groups in total. The van der Waals surface area contributed by atoms with Crippen molar-refractivity contribution in [1.29, 1.82) is 0 Å². The number of ether oxygens (including phenoxy) is 1. The lowest BCUT2D eigenvalue weighted by Crippen LogP contribution is -2.38. The average molecular weight is 290 g/mol. The number of hydrogen-bond donors (Lipinski definition) is 1. The summed E-state index contributed by atoms with van der Waals surface area (Å²) in [5.41, 5.74) is 4.14. The zero-order valence-electron chi connectivity index (χ0n) is 14.0. The molecule has 118 valence electrons. The average Bonchev–Trinajstić information content (AvgIpc) is 2.48. The van der Waals surface area contributed by atoms with Crippen LogP contribution in [-0.4, -0.2) is 33.4 Å². The summed E-state index contributed by atoms with van der Waals surface area (Å²) in [7, 11) is 1.74. The Labute approximate surface area is 129 Å². The second-order valence-corrected chi connectivity index (χ2v) is 6.47. The minimum Gasteiger partial charge on any atom is -0.383 e. The van der Waals surface area contributed by atoms with Crippen LogP contribution in [0.5, 0.6) is 0 Å². The van der Waals surface area contributed by atoms with E-state index < -0.39 is 0 Å². The lowest BCUT2D eigenvalue weighted by atomic mass is 9.88. The van der Waals surface area contributed by atoms with Crippen LogP contribution in [0.15, 0.2) is 18.2 Å². The lowest BCUT2D eigenvalue weighted by molar-refractivity contribution is 0.199. The van der Waals surface area contributed by atoms with Crippen LogP contribution in [0.25, 0.3) is 0 Å². The van der Waals surface area contributed by atoms with Crippen LogP contribution in [0.2, 0.25) is 0 Å². The first-order valence-electron chi connectivity index (χ1n) is 8.16. The molecule has 1 fully saturated rings. The van der Waals surface area contributed by atoms with Crippen molar-refractivity contribution in [3.05, 3.63) is 29.3 Å². The number of benzene rings is 1. The maximum atomic E-state index is 5.06. The van der Waals surface area contributed by atoms with E-state index in [4.69, 9.17) is 4.74 Å². The van der Waals surface area contributed by atoms with E-state index in [1.807, 2.05) is 0 Å². The predicted molar refractivity (Wildman–Crippen MR) is 89.9 cm³/mol. The van der Waals surface area contributed by atoms with Crippen molar-refractivity contribution in [2.45, 2.75) is 33.7 Å². The monoisotopic (exact) mass is 290 g/mol. The largest absolute Gasteiger partial charge is 0.383 e. The number of nitrogens with zero attached hydrogens (tertiary/aromatic N) is 1. The summed E-state index contributed by atoms with van der Waals surface area (Å²) in [5.74, 6) is 1.64. The van der Waals surface area contributed by atoms with Crippen LogP contribution in [0.4, 0.5) is 5.69 Å². The van der Waals surface area contributed by atoms with Crippen molar-refractivity contribution in [3.8, 4) is 0 Å². The number of rotatable bonds is 6. The highest BCUT2D eigenvalue weighted by Gasteiger charge is 2.22. The fourth-order valence-electron chi connectivity index (χ4n) is 2.97. The van der Waals surface area contributed by atoms with Gasteiger partial charge in [0.25, 0.3) is 0 Å². The maximum absolute atomic E-state index is 5.06. The van der Waals surface area contributed by atoms with Gasteiger partial charge in [0.1, 0.15) is 0 Å². The van der Waals surface area contributed by atoms with Gasteiger partial charge in [0.05, 0.1) is 6.61 Å². The van der Waals surface area contributed by atoms with E-state index >= 15 is 0 Å². The highest BCUT2D eigenvalue weighted by Crippen LogP contribution is 2.28. The van der Waals surface area contributed by atoms with Crippen molar-refractivity contribution in [1.82, 2.24) is 5.32 Å². The minimum absolute atomic E-state index is 0.765. The zero-order valence-corrected chi connectivity index (χ0v) is 14.0. The summed E-state index contributed by atoms with van der Waals surface area (Å²) in [4.78, 5) is 2.54. The molecule has 3 nitrogen and oxygen atoms in total. The first-order chi connectivity index (χ1) is 10.1. The third kappa shape index (κ3) is 4.45. The van der Waals surface area contributed by atoms with Gasteiger partial charge in [-0.1, -0.05) is 19.9 Å². The molecule has 0 amide bonds. The number of nitrogens with one attached hydrogen (secondary N) is 1. The molecular weight excluding hydrogens is 260 g/mol. The standard InChI is InChI=1S/C18H30N2O/c1-14-7-9-20(13-16(14)3)18-6-5-17(15(2)11-18)12-19-8-10-21-4/h5-6,11,14,16,19H,7-10,12-13H2,1-4H3. The van der Waals surface area contributed by atoms with Gasteiger partial charge in [0.2, 0.25) is 0 Å². The Morgan fingerprint density at radius 3 is 2.76 bits per heavy atom. The number of aryl methyl sites for hydroxylation is 1. The molecular formula is C18H30N2O. The Morgan fingerprint density at radius 2 is 2.10 bits per heavy atom. The molecule has 1 aromatic rings. The molecule has 0 saturated carbocycles. The molecule has 1 aliphatic rings. The Balaban J connectivity index is 1.95. The minimum atomic E-state index is 0.765. The molecule has 2 unspecified atom stereocenters. The molecule has 2 atom stereocenters. The highest BCUT2D eigenvalue weighted by atomic mass is 16.5. The molecule has 0 radical (unpaired) electrons. The SMILES string of the molecule is COCCNCc1ccc(N2CCC(C)C(C)C2)cc1C. The van der Waals surface area contributed by atoms with Gasteiger partial charge in [0.15, 0.2) is 0 Å². The van der Waals surface area contributed by atoms with E-state index in [1.165, 1.54) is 36.3 Å². The molecule has 0 spiro atoms. The fourth-order valence-corrected chi connectivity index (χ4v) is 2.97. The van der Waals surface area contributed by atoms with Gasteiger partial charge in [-0.25, -0.2) is 0 Å². The number of methoxy groups -OCH3 is 1. The second kappa shape index (κ2) is 7.81. The summed E-state index contributed by atoms with van der Waals surface area (Å²) >= 11 is 0. The molecule has 1 heterocycles. The van der Waals surface area contributed by atoms with E-state index in [1.54, 1.807) is 7.11 Å². The fraction of sp³-hybridized carbons (Fsp3) is 0.667. The molecule has 0 aromatic heterocycles. The molecule has 0 bridgehead atoms. The summed E-state index contributed by atoms with van der Waals surface area (Å²) in [6.45, 7) is 11.9. The smallest absolute Gasteiger partial charge is 0.0587 e. The van der Waals surface area contributed by atoms with Gasteiger partial charge in [-0.2, -0.15) is 0 Å². The van der Waals surface area contributed by atoms with Crippen LogP contribution in [0, 0.1) is 18.8 Å². The van der Waals surface area contributed by atoms with Gasteiger partial charge >= 0.3 is 0 Å². The van der Waals surface area contributed by atoms with Crippen LogP contribution in [0.3, 0.4) is 0 Å². The molecule has 3 heteroatoms. The summed E-state index contributed by atoms with van der Waals surface area (Å²) < 4.78 is 5.06. The summed E-state index contributed by atoms with van der Waals surface area (Å²) in [5, 5.41) is 3.42. The molecule has 1 saturated heterocycles. The van der Waals surface area contributed by atoms with Gasteiger partial charge < -0.3 is 15.0 Å². The van der Waals surface area contributed by atoms with Gasteiger partial charge in [0, 0.05) is 39.0 Å². The van der Waals surface area contributed by atoms with Crippen LogP contribution in [0.1, 0.15) is 31.4 Å². The van der Waals surface area contributed by atoms with Gasteiger partial charge in [-0.15, -0.1) is 0 Å². The van der Waals surface area contributed by atoms with Crippen molar-refractivity contribution < 1.29 is 4.74 Å². The Bertz CT molecular complexity index is 447. The number of hydrogen-bond acceptors (Lipinski definition) is 3. The van der Waals surface area contributed by atoms with E-state index in [9.17, 15) is 0 Å². The Hall–Kier alpha value is -1.06. The predicted octanol–water partition coefficient (Wildman–Crippen LogP) is 3.21. The van der Waals surface area contributed by atoms with Crippen molar-refractivity contribution >= 4 is 5.69 Å². The molecule has 1 aromatic carbocycles. The quantitative estimate of drug-likeness (QED) is 0.814. The van der Waals surface area contributed by atoms with Crippen LogP contribution >= 0.6 is 0 Å². The first-order valence-corrected chi connectivity index (χ1v) is 8.16. The molecule has 0 aliphatic carbocycles. The van der Waals surface area contributed by atoms with Crippen molar-refractivity contribution in [2.24, 2.45) is 11.8 Å². The van der Waals surface area contributed by atoms with Gasteiger partial charge in [-0.3, -0.25) is 0 Å². The van der Waals surface area contributed by atoms with Gasteiger partial charge in [-0.05, 0) is 48.4 Å². The van der Waals surface area contributed by atoms with E-state index in [0.717, 1.165) is 31.5 Å². The number of anilines is 1. The van der Waals surface area contributed by atoms with Crippen molar-refractivity contribution in [2.75, 3.05) is 38.3 Å². The molecule has 1 aliphatic heterocycles. The van der Waals surface area contributed by atoms with E-state index in [2.05, 4.69) is 49.2 Å². The highest BCUT2D eigenvalue weighted by molar-refractivity contribution is 5.51. The first kappa shape index (κ1) is 16.3. The third-order valence-electron chi connectivity index (χ3n) is 4.82. The number of piperidine rings is 1. The van der Waals surface area contributed by atoms with E-state index in [0.29, 0.717) is 0 Å². The van der Waals surface area contributed by atoms with Crippen LogP contribution in [-0.2, 0) is 11.3 Å². The lowest BCUT2D eigenvalue weighted by Gasteiger charge is -2.37. The Kier molecular flexibility index (Phi) is 6.07. The second-order valence-electron chi connectivity index (χ2n) is 6.47. The summed E-state index contributed by atoms with van der Waals surface area (Å²) in [6, 6.07) is 6.90. The van der Waals surface area contributed by atoms with Crippen LogP contribution < -0.4 is 10.2 Å². The summed E-state index contributed by atoms with van der Waals surface area (Å²) in [6.07, 6.45) is 1.31. The normalized spacial score (nSPS) is 22.6. The topological polar surface area (TPSA) is 24.5 Å². The maximum Gasteiger partial charge on any atom is 0.0587 e. The molecule has 2 rings (SSSR count). The van der Waals surface area contributed by atoms with E-state index in [-0.39, 0.29) is 0 Å². The molecule has 21 heavy (non-hydrogen) atoms.